The number of allylic oxidation sites excluding steroid dienone is 1. The second kappa shape index (κ2) is 4.31. The van der Waals surface area contributed by atoms with Crippen molar-refractivity contribution in [2.75, 3.05) is 0 Å². The molecule has 0 amide bonds. The molecule has 0 aromatic carbocycles. The third-order valence-corrected chi connectivity index (χ3v) is 2.41. The van der Waals surface area contributed by atoms with Crippen molar-refractivity contribution in [1.29, 1.82) is 0 Å². The second-order valence-electron chi connectivity index (χ2n) is 2.72. The van der Waals surface area contributed by atoms with Crippen LogP contribution in [-0.4, -0.2) is 0 Å². The molecule has 0 heterocycles. The zero-order valence-corrected chi connectivity index (χ0v) is 7.80. The molecule has 1 aliphatic rings. The highest BCUT2D eigenvalue weighted by molar-refractivity contribution is 14.1. The maximum atomic E-state index is 2.35. The van der Waals surface area contributed by atoms with Crippen LogP contribution in [0.2, 0.25) is 0 Å². The smallest absolute Gasteiger partial charge is 0.0226 e. The van der Waals surface area contributed by atoms with Crippen LogP contribution in [0.3, 0.4) is 0 Å². The standard InChI is InChI=1S/C8H13I/c9-7-6-8-4-2-1-3-5-8/h6-8H,1-5H2/b7-6-. The number of rotatable bonds is 1. The van der Waals surface area contributed by atoms with Crippen molar-refractivity contribution in [1.82, 2.24) is 0 Å². The van der Waals surface area contributed by atoms with Crippen LogP contribution in [-0.2, 0) is 0 Å². The minimum atomic E-state index is 0.913. The highest BCUT2D eigenvalue weighted by Gasteiger charge is 2.08. The first kappa shape index (κ1) is 7.58. The average Bonchev–Trinajstić information content (AvgIpc) is 1.91. The van der Waals surface area contributed by atoms with Gasteiger partial charge in [0.15, 0.2) is 0 Å². The van der Waals surface area contributed by atoms with Gasteiger partial charge in [0.1, 0.15) is 0 Å². The Morgan fingerprint density at radius 2 is 1.78 bits per heavy atom. The topological polar surface area (TPSA) is 0 Å². The summed E-state index contributed by atoms with van der Waals surface area (Å²) < 4.78 is 2.16. The van der Waals surface area contributed by atoms with E-state index in [4.69, 9.17) is 0 Å². The van der Waals surface area contributed by atoms with E-state index >= 15 is 0 Å². The lowest BCUT2D eigenvalue weighted by molar-refractivity contribution is 0.420. The normalized spacial score (nSPS) is 23.2. The van der Waals surface area contributed by atoms with Gasteiger partial charge >= 0.3 is 0 Å². The Balaban J connectivity index is 2.23. The van der Waals surface area contributed by atoms with Crippen LogP contribution in [0, 0.1) is 5.92 Å². The Bertz CT molecular complexity index is 90.7. The van der Waals surface area contributed by atoms with E-state index in [-0.39, 0.29) is 0 Å². The fraction of sp³-hybridized carbons (Fsp3) is 0.750. The maximum Gasteiger partial charge on any atom is -0.0226 e. The van der Waals surface area contributed by atoms with Crippen LogP contribution < -0.4 is 0 Å². The van der Waals surface area contributed by atoms with Gasteiger partial charge in [-0.1, -0.05) is 47.9 Å². The van der Waals surface area contributed by atoms with Crippen LogP contribution in [0.4, 0.5) is 0 Å². The van der Waals surface area contributed by atoms with Crippen molar-refractivity contribution in [3.05, 3.63) is 10.2 Å². The summed E-state index contributed by atoms with van der Waals surface area (Å²) in [6.45, 7) is 0. The quantitative estimate of drug-likeness (QED) is 0.611. The fourth-order valence-corrected chi connectivity index (χ4v) is 2.02. The third kappa shape index (κ3) is 2.70. The molecule has 1 rings (SSSR count). The SMILES string of the molecule is I/C=C\C1CCCCC1. The molecule has 0 aromatic rings. The van der Waals surface area contributed by atoms with Gasteiger partial charge in [0.25, 0.3) is 0 Å². The van der Waals surface area contributed by atoms with Gasteiger partial charge in [-0.15, -0.1) is 0 Å². The minimum Gasteiger partial charge on any atom is -0.0753 e. The van der Waals surface area contributed by atoms with Gasteiger partial charge in [-0.2, -0.15) is 0 Å². The number of halogens is 1. The van der Waals surface area contributed by atoms with Crippen LogP contribution in [0.15, 0.2) is 10.2 Å². The molecule has 1 fully saturated rings. The Morgan fingerprint density at radius 1 is 1.11 bits per heavy atom. The van der Waals surface area contributed by atoms with Crippen LogP contribution >= 0.6 is 22.6 Å². The van der Waals surface area contributed by atoms with Crippen molar-refractivity contribution in [3.63, 3.8) is 0 Å². The second-order valence-corrected chi connectivity index (χ2v) is 3.44. The van der Waals surface area contributed by atoms with E-state index in [1.807, 2.05) is 0 Å². The molecule has 0 unspecified atom stereocenters. The summed E-state index contributed by atoms with van der Waals surface area (Å²) in [4.78, 5) is 0. The monoisotopic (exact) mass is 236 g/mol. The molecule has 0 aliphatic heterocycles. The Labute approximate surface area is 70.9 Å². The molecule has 0 radical (unpaired) electrons. The first-order valence-electron chi connectivity index (χ1n) is 3.70. The molecule has 0 nitrogen and oxygen atoms in total. The summed E-state index contributed by atoms with van der Waals surface area (Å²) in [6, 6.07) is 0. The van der Waals surface area contributed by atoms with E-state index in [9.17, 15) is 0 Å². The molecule has 1 aliphatic carbocycles. The van der Waals surface area contributed by atoms with Crippen LogP contribution in [0.1, 0.15) is 32.1 Å². The largest absolute Gasteiger partial charge is 0.0753 e. The Kier molecular flexibility index (Phi) is 3.63. The fourth-order valence-electron chi connectivity index (χ4n) is 1.43. The summed E-state index contributed by atoms with van der Waals surface area (Å²) in [6.07, 6.45) is 9.57. The van der Waals surface area contributed by atoms with Gasteiger partial charge in [0.2, 0.25) is 0 Å². The molecule has 1 heteroatoms. The molecule has 0 N–H and O–H groups in total. The molecule has 0 bridgehead atoms. The summed E-state index contributed by atoms with van der Waals surface area (Å²) in [7, 11) is 0. The van der Waals surface area contributed by atoms with Gasteiger partial charge in [0.05, 0.1) is 0 Å². The number of hydrogen-bond donors (Lipinski definition) is 0. The Morgan fingerprint density at radius 3 is 2.33 bits per heavy atom. The van der Waals surface area contributed by atoms with E-state index in [0.29, 0.717) is 0 Å². The highest BCUT2D eigenvalue weighted by atomic mass is 127. The molecule has 0 saturated heterocycles. The molecular weight excluding hydrogens is 223 g/mol. The molecule has 0 aromatic heterocycles. The van der Waals surface area contributed by atoms with Gasteiger partial charge in [-0.05, 0) is 22.8 Å². The lowest BCUT2D eigenvalue weighted by atomic mass is 9.90. The van der Waals surface area contributed by atoms with Gasteiger partial charge < -0.3 is 0 Å². The average molecular weight is 236 g/mol. The van der Waals surface area contributed by atoms with E-state index in [1.165, 1.54) is 32.1 Å². The van der Waals surface area contributed by atoms with E-state index in [1.54, 1.807) is 0 Å². The minimum absolute atomic E-state index is 0.913. The van der Waals surface area contributed by atoms with Crippen molar-refractivity contribution < 1.29 is 0 Å². The van der Waals surface area contributed by atoms with E-state index in [0.717, 1.165) is 5.92 Å². The van der Waals surface area contributed by atoms with Crippen molar-refractivity contribution in [3.8, 4) is 0 Å². The highest BCUT2D eigenvalue weighted by Crippen LogP contribution is 2.24. The van der Waals surface area contributed by atoms with Crippen molar-refractivity contribution >= 4 is 22.6 Å². The van der Waals surface area contributed by atoms with Crippen molar-refractivity contribution in [2.24, 2.45) is 5.92 Å². The molecule has 1 saturated carbocycles. The Hall–Kier alpha value is 0.470. The van der Waals surface area contributed by atoms with E-state index < -0.39 is 0 Å². The predicted molar refractivity (Wildman–Crippen MR) is 49.7 cm³/mol. The van der Waals surface area contributed by atoms with Crippen LogP contribution in [0.5, 0.6) is 0 Å². The third-order valence-electron chi connectivity index (χ3n) is 1.99. The lowest BCUT2D eigenvalue weighted by Gasteiger charge is -2.16. The van der Waals surface area contributed by atoms with Gasteiger partial charge in [-0.25, -0.2) is 0 Å². The van der Waals surface area contributed by atoms with Crippen LogP contribution in [0.25, 0.3) is 0 Å². The summed E-state index contributed by atoms with van der Waals surface area (Å²) in [5, 5.41) is 0. The van der Waals surface area contributed by atoms with Gasteiger partial charge in [0, 0.05) is 0 Å². The molecule has 0 spiro atoms. The van der Waals surface area contributed by atoms with Crippen molar-refractivity contribution in [2.45, 2.75) is 32.1 Å². The molecule has 52 valence electrons. The molecular formula is C8H13I. The summed E-state index contributed by atoms with van der Waals surface area (Å²) >= 11 is 2.31. The zero-order chi connectivity index (χ0) is 6.53. The molecule has 0 atom stereocenters. The first-order chi connectivity index (χ1) is 4.43. The predicted octanol–water partition coefficient (Wildman–Crippen LogP) is 3.52. The zero-order valence-electron chi connectivity index (χ0n) is 5.65. The molecule has 9 heavy (non-hydrogen) atoms. The number of hydrogen-bond acceptors (Lipinski definition) is 0. The maximum absolute atomic E-state index is 2.35. The van der Waals surface area contributed by atoms with Gasteiger partial charge in [-0.3, -0.25) is 0 Å². The summed E-state index contributed by atoms with van der Waals surface area (Å²) in [5.41, 5.74) is 0. The first-order valence-corrected chi connectivity index (χ1v) is 4.95. The lowest BCUT2D eigenvalue weighted by Crippen LogP contribution is -2.01. The summed E-state index contributed by atoms with van der Waals surface area (Å²) in [5.74, 6) is 0.913. The van der Waals surface area contributed by atoms with E-state index in [2.05, 4.69) is 32.7 Å².